The van der Waals surface area contributed by atoms with E-state index in [9.17, 15) is 8.42 Å². The van der Waals surface area contributed by atoms with Gasteiger partial charge in [0.2, 0.25) is 10.0 Å². The van der Waals surface area contributed by atoms with Crippen molar-refractivity contribution in [3.05, 3.63) is 18.0 Å². The number of hydrogen-bond acceptors (Lipinski definition) is 5. The fourth-order valence-electron chi connectivity index (χ4n) is 2.60. The van der Waals surface area contributed by atoms with E-state index >= 15 is 0 Å². The van der Waals surface area contributed by atoms with Gasteiger partial charge in [-0.05, 0) is 13.3 Å². The van der Waals surface area contributed by atoms with Crippen LogP contribution in [0.25, 0.3) is 0 Å². The van der Waals surface area contributed by atoms with Crippen molar-refractivity contribution in [3.8, 4) is 0 Å². The van der Waals surface area contributed by atoms with Crippen molar-refractivity contribution in [3.63, 3.8) is 0 Å². The molecule has 1 aliphatic heterocycles. The fourth-order valence-corrected chi connectivity index (χ4v) is 3.11. The number of guanidine groups is 1. The van der Waals surface area contributed by atoms with Crippen LogP contribution in [0.15, 0.2) is 17.4 Å². The molecule has 1 fully saturated rings. The third-order valence-corrected chi connectivity index (χ3v) is 4.49. The topological polar surface area (TPSA) is 101 Å². The Bertz CT molecular complexity index is 673. The Balaban J connectivity index is 1.92. The number of ether oxygens (including phenoxy) is 1. The Morgan fingerprint density at radius 3 is 2.96 bits per heavy atom. The lowest BCUT2D eigenvalue weighted by atomic mass is 10.1. The van der Waals surface area contributed by atoms with Crippen molar-refractivity contribution < 1.29 is 13.2 Å². The number of hydrogen-bond donors (Lipinski definition) is 2. The lowest BCUT2D eigenvalue weighted by Crippen LogP contribution is -2.48. The Hall–Kier alpha value is -1.65. The number of sulfonamides is 1. The summed E-state index contributed by atoms with van der Waals surface area (Å²) >= 11 is 0. The van der Waals surface area contributed by atoms with Crippen LogP contribution in [0.1, 0.15) is 25.0 Å². The number of nitrogens with zero attached hydrogens (tertiary/aromatic N) is 4. The molecule has 2 rings (SSSR count). The standard InChI is InChI=1S/C15H28N6O3S/c1-4-16-15(17-6-5-7-19-25(3,22)23)21-8-9-24-14(12-21)13-10-18-20(2)11-13/h10-11,14,19H,4-9,12H2,1-3H3,(H,16,17). The van der Waals surface area contributed by atoms with Gasteiger partial charge in [0.25, 0.3) is 0 Å². The zero-order valence-electron chi connectivity index (χ0n) is 15.1. The number of rotatable bonds is 7. The molecule has 1 saturated heterocycles. The Kier molecular flexibility index (Phi) is 7.21. The maximum Gasteiger partial charge on any atom is 0.208 e. The zero-order valence-corrected chi connectivity index (χ0v) is 15.9. The van der Waals surface area contributed by atoms with Crippen LogP contribution in [0, 0.1) is 0 Å². The molecule has 1 atom stereocenters. The highest BCUT2D eigenvalue weighted by atomic mass is 32.2. The van der Waals surface area contributed by atoms with Crippen LogP contribution < -0.4 is 10.0 Å². The average molecular weight is 372 g/mol. The number of aliphatic imine (C=N–C) groups is 1. The number of morpholine rings is 1. The second-order valence-electron chi connectivity index (χ2n) is 6.01. The SMILES string of the molecule is CCNC(=NCCCNS(C)(=O)=O)N1CCOC(c2cnn(C)c2)C1. The Morgan fingerprint density at radius 2 is 2.32 bits per heavy atom. The second-order valence-corrected chi connectivity index (χ2v) is 7.84. The van der Waals surface area contributed by atoms with Gasteiger partial charge in [-0.25, -0.2) is 13.1 Å². The van der Waals surface area contributed by atoms with E-state index in [-0.39, 0.29) is 6.10 Å². The molecule has 10 heteroatoms. The van der Waals surface area contributed by atoms with Gasteiger partial charge >= 0.3 is 0 Å². The van der Waals surface area contributed by atoms with E-state index < -0.39 is 10.0 Å². The van der Waals surface area contributed by atoms with Crippen molar-refractivity contribution >= 4 is 16.0 Å². The molecule has 2 heterocycles. The molecule has 142 valence electrons. The molecule has 0 radical (unpaired) electrons. The summed E-state index contributed by atoms with van der Waals surface area (Å²) in [4.78, 5) is 6.79. The lowest BCUT2D eigenvalue weighted by Gasteiger charge is -2.34. The van der Waals surface area contributed by atoms with Gasteiger partial charge in [-0.2, -0.15) is 5.10 Å². The molecule has 0 amide bonds. The second kappa shape index (κ2) is 9.16. The van der Waals surface area contributed by atoms with E-state index in [2.05, 4.69) is 25.0 Å². The molecular formula is C15H28N6O3S. The van der Waals surface area contributed by atoms with Crippen LogP contribution >= 0.6 is 0 Å². The van der Waals surface area contributed by atoms with Crippen LogP contribution in [0.4, 0.5) is 0 Å². The molecule has 0 bridgehead atoms. The van der Waals surface area contributed by atoms with Crippen LogP contribution in [0.5, 0.6) is 0 Å². The first-order chi connectivity index (χ1) is 11.9. The van der Waals surface area contributed by atoms with E-state index in [1.54, 1.807) is 4.68 Å². The van der Waals surface area contributed by atoms with Crippen molar-refractivity contribution in [1.29, 1.82) is 0 Å². The third-order valence-electron chi connectivity index (χ3n) is 3.76. The maximum atomic E-state index is 11.1. The molecule has 0 saturated carbocycles. The first-order valence-corrected chi connectivity index (χ1v) is 10.4. The van der Waals surface area contributed by atoms with E-state index in [0.29, 0.717) is 32.7 Å². The molecule has 1 aromatic heterocycles. The molecule has 0 spiro atoms. The van der Waals surface area contributed by atoms with Crippen molar-refractivity contribution in [2.45, 2.75) is 19.4 Å². The predicted molar refractivity (Wildman–Crippen MR) is 96.9 cm³/mol. The molecule has 0 aliphatic carbocycles. The Morgan fingerprint density at radius 1 is 1.52 bits per heavy atom. The smallest absolute Gasteiger partial charge is 0.208 e. The minimum Gasteiger partial charge on any atom is -0.370 e. The van der Waals surface area contributed by atoms with Crippen LogP contribution in [0.3, 0.4) is 0 Å². The average Bonchev–Trinajstić information content (AvgIpc) is 2.99. The summed E-state index contributed by atoms with van der Waals surface area (Å²) in [5, 5.41) is 7.50. The van der Waals surface area contributed by atoms with Crippen LogP contribution in [0.2, 0.25) is 0 Å². The third kappa shape index (κ3) is 6.63. The highest BCUT2D eigenvalue weighted by Crippen LogP contribution is 2.21. The fraction of sp³-hybridized carbons (Fsp3) is 0.733. The zero-order chi connectivity index (χ0) is 18.3. The van der Waals surface area contributed by atoms with Gasteiger partial charge in [-0.3, -0.25) is 9.67 Å². The lowest BCUT2D eigenvalue weighted by molar-refractivity contribution is -0.00804. The van der Waals surface area contributed by atoms with E-state index in [1.165, 1.54) is 0 Å². The summed E-state index contributed by atoms with van der Waals surface area (Å²) in [6, 6.07) is 0. The van der Waals surface area contributed by atoms with Gasteiger partial charge in [-0.1, -0.05) is 0 Å². The monoisotopic (exact) mass is 372 g/mol. The molecular weight excluding hydrogens is 344 g/mol. The van der Waals surface area contributed by atoms with Crippen molar-refractivity contribution in [2.24, 2.45) is 12.0 Å². The summed E-state index contributed by atoms with van der Waals surface area (Å²) < 4.78 is 32.2. The number of aryl methyl sites for hydroxylation is 1. The maximum absolute atomic E-state index is 11.1. The molecule has 1 aliphatic rings. The van der Waals surface area contributed by atoms with Gasteiger partial charge in [0.1, 0.15) is 6.10 Å². The minimum absolute atomic E-state index is 0.0294. The van der Waals surface area contributed by atoms with E-state index in [4.69, 9.17) is 4.74 Å². The summed E-state index contributed by atoms with van der Waals surface area (Å²) in [6.07, 6.45) is 5.58. The van der Waals surface area contributed by atoms with E-state index in [1.807, 2.05) is 26.4 Å². The van der Waals surface area contributed by atoms with Gasteiger partial charge in [-0.15, -0.1) is 0 Å². The van der Waals surface area contributed by atoms with Gasteiger partial charge in [0, 0.05) is 45.0 Å². The largest absolute Gasteiger partial charge is 0.370 e. The molecule has 9 nitrogen and oxygen atoms in total. The number of nitrogens with one attached hydrogen (secondary N) is 2. The van der Waals surface area contributed by atoms with Crippen molar-refractivity contribution in [2.75, 3.05) is 45.6 Å². The first kappa shape index (κ1) is 19.7. The summed E-state index contributed by atoms with van der Waals surface area (Å²) in [5.41, 5.74) is 1.06. The molecule has 0 aromatic carbocycles. The molecule has 1 unspecified atom stereocenters. The number of aromatic nitrogens is 2. The van der Waals surface area contributed by atoms with Crippen LogP contribution in [-0.4, -0.2) is 74.6 Å². The highest BCUT2D eigenvalue weighted by molar-refractivity contribution is 7.88. The summed E-state index contributed by atoms with van der Waals surface area (Å²) in [5.74, 6) is 0.832. The van der Waals surface area contributed by atoms with Gasteiger partial charge < -0.3 is 15.0 Å². The van der Waals surface area contributed by atoms with Crippen LogP contribution in [-0.2, 0) is 21.8 Å². The highest BCUT2D eigenvalue weighted by Gasteiger charge is 2.25. The van der Waals surface area contributed by atoms with E-state index in [0.717, 1.165) is 30.9 Å². The normalized spacial score (nSPS) is 19.2. The van der Waals surface area contributed by atoms with Crippen molar-refractivity contribution in [1.82, 2.24) is 24.7 Å². The van der Waals surface area contributed by atoms with Gasteiger partial charge in [0.05, 0.1) is 25.6 Å². The summed E-state index contributed by atoms with van der Waals surface area (Å²) in [7, 11) is -1.25. The molecule has 1 aromatic rings. The minimum atomic E-state index is -3.14. The Labute approximate surface area is 149 Å². The quantitative estimate of drug-likeness (QED) is 0.387. The summed E-state index contributed by atoms with van der Waals surface area (Å²) in [6.45, 7) is 5.85. The molecule has 25 heavy (non-hydrogen) atoms. The van der Waals surface area contributed by atoms with Gasteiger partial charge in [0.15, 0.2) is 5.96 Å². The molecule has 2 N–H and O–H groups in total. The first-order valence-electron chi connectivity index (χ1n) is 8.47. The predicted octanol–water partition coefficient (Wildman–Crippen LogP) is -0.302.